The summed E-state index contributed by atoms with van der Waals surface area (Å²) < 4.78 is 1.81. The Morgan fingerprint density at radius 1 is 0.579 bits per heavy atom. The van der Waals surface area contributed by atoms with Gasteiger partial charge in [0.15, 0.2) is 0 Å². The van der Waals surface area contributed by atoms with E-state index in [2.05, 4.69) is 150 Å². The third-order valence-electron chi connectivity index (χ3n) is 9.28. The molecular weight excluding hydrogens is 524 g/mol. The maximum atomic E-state index is 2.66. The van der Waals surface area contributed by atoms with Crippen LogP contribution in [0.15, 0.2) is 93.4 Å². The molecule has 38 heavy (non-hydrogen) atoms. The number of aryl methyl sites for hydroxylation is 2. The Bertz CT molecular complexity index is 1430. The molecule has 0 amide bonds. The van der Waals surface area contributed by atoms with Crippen molar-refractivity contribution in [1.82, 2.24) is 0 Å². The van der Waals surface area contributed by atoms with Gasteiger partial charge in [0.25, 0.3) is 0 Å². The fraction of sp³-hybridized carbons (Fsp3) is 0.371. The summed E-state index contributed by atoms with van der Waals surface area (Å²) in [4.78, 5) is 0. The van der Waals surface area contributed by atoms with Crippen LogP contribution in [0, 0.1) is 13.8 Å². The van der Waals surface area contributed by atoms with Crippen molar-refractivity contribution < 1.29 is 16.6 Å². The van der Waals surface area contributed by atoms with Gasteiger partial charge in [0.05, 0.1) is 0 Å². The Kier molecular flexibility index (Phi) is 7.73. The van der Waals surface area contributed by atoms with Crippen LogP contribution in [-0.2, 0) is 16.6 Å². The van der Waals surface area contributed by atoms with Gasteiger partial charge in [-0.1, -0.05) is 0 Å². The van der Waals surface area contributed by atoms with E-state index in [1.54, 1.807) is 30.6 Å². The first-order valence-electron chi connectivity index (χ1n) is 14.2. The Labute approximate surface area is 238 Å². The second-order valence-corrected chi connectivity index (χ2v) is 31.1. The van der Waals surface area contributed by atoms with Crippen LogP contribution in [0.2, 0.25) is 40.4 Å². The minimum atomic E-state index is -2.65. The molecule has 0 nitrogen and oxygen atoms in total. The third-order valence-corrected chi connectivity index (χ3v) is 21.1. The predicted molar refractivity (Wildman–Crippen MR) is 173 cm³/mol. The van der Waals surface area contributed by atoms with Crippen LogP contribution in [0.3, 0.4) is 0 Å². The molecule has 3 aromatic carbocycles. The molecule has 0 radical (unpaired) electrons. The third kappa shape index (κ3) is 4.56. The first-order valence-corrected chi connectivity index (χ1v) is 25.2. The second-order valence-electron chi connectivity index (χ2n) is 13.9. The van der Waals surface area contributed by atoms with Gasteiger partial charge in [0.2, 0.25) is 0 Å². The summed E-state index contributed by atoms with van der Waals surface area (Å²) in [6.45, 7) is 22.0. The topological polar surface area (TPSA) is 0 Å². The fourth-order valence-electron chi connectivity index (χ4n) is 7.55. The maximum absolute atomic E-state index is 2.66. The van der Waals surface area contributed by atoms with Gasteiger partial charge >= 0.3 is 240 Å². The molecule has 2 unspecified atom stereocenters. The molecule has 0 bridgehead atoms. The van der Waals surface area contributed by atoms with Crippen molar-refractivity contribution in [3.63, 3.8) is 0 Å². The van der Waals surface area contributed by atoms with E-state index in [1.807, 2.05) is 0 Å². The van der Waals surface area contributed by atoms with Gasteiger partial charge in [-0.25, -0.2) is 0 Å². The van der Waals surface area contributed by atoms with Gasteiger partial charge < -0.3 is 0 Å². The van der Waals surface area contributed by atoms with Gasteiger partial charge in [-0.15, -0.1) is 0 Å². The second kappa shape index (κ2) is 10.0. The molecule has 2 atom stereocenters. The molecule has 1 aliphatic rings. The number of allylic oxidation sites excluding steroid dienone is 4. The molecule has 3 heteroatoms. The van der Waals surface area contributed by atoms with E-state index in [-0.39, 0.29) is 5.04 Å². The zero-order valence-corrected chi connectivity index (χ0v) is 29.5. The first-order chi connectivity index (χ1) is 17.6. The van der Waals surface area contributed by atoms with Gasteiger partial charge in [-0.3, -0.25) is 0 Å². The molecule has 0 N–H and O–H groups in total. The molecular formula is C35H48Si2Ti. The van der Waals surface area contributed by atoms with Gasteiger partial charge in [0.1, 0.15) is 0 Å². The molecule has 0 spiro atoms. The van der Waals surface area contributed by atoms with Gasteiger partial charge in [0, 0.05) is 0 Å². The van der Waals surface area contributed by atoms with E-state index >= 15 is 0 Å². The Morgan fingerprint density at radius 2 is 1.13 bits per heavy atom. The molecule has 0 heterocycles. The summed E-state index contributed by atoms with van der Waals surface area (Å²) in [5, 5.41) is 14.1. The molecule has 0 aromatic heterocycles. The Hall–Kier alpha value is -1.71. The van der Waals surface area contributed by atoms with Crippen LogP contribution in [0.25, 0.3) is 0 Å². The molecule has 1 aliphatic carbocycles. The summed E-state index contributed by atoms with van der Waals surface area (Å²) in [6.07, 6.45) is 0. The van der Waals surface area contributed by atoms with E-state index < -0.39 is 32.7 Å². The van der Waals surface area contributed by atoms with E-state index in [0.29, 0.717) is 0 Å². The number of hydrogen-bond acceptors (Lipinski definition) is 0. The molecule has 3 aromatic rings. The van der Waals surface area contributed by atoms with Crippen molar-refractivity contribution in [2.45, 2.75) is 81.9 Å². The zero-order chi connectivity index (χ0) is 28.3. The molecule has 4 rings (SSSR count). The summed E-state index contributed by atoms with van der Waals surface area (Å²) in [6, 6.07) is 29.0. The van der Waals surface area contributed by atoms with Crippen molar-refractivity contribution in [2.75, 3.05) is 0 Å². The van der Waals surface area contributed by atoms with Crippen molar-refractivity contribution in [1.29, 1.82) is 0 Å². The van der Waals surface area contributed by atoms with Gasteiger partial charge in [-0.05, 0) is 0 Å². The summed E-state index contributed by atoms with van der Waals surface area (Å²) >= 11 is -2.32. The molecule has 0 saturated heterocycles. The van der Waals surface area contributed by atoms with Gasteiger partial charge in [-0.2, -0.15) is 0 Å². The van der Waals surface area contributed by atoms with E-state index in [1.165, 1.54) is 21.9 Å². The fourth-order valence-corrected chi connectivity index (χ4v) is 22.4. The normalized spacial score (nSPS) is 20.2. The quantitative estimate of drug-likeness (QED) is 0.207. The standard InChI is InChI=1S/C32H39Si2.3CH3.Ti/c1-23-14-13-17-29(18-23)34(28-15-11-10-12-16-28,32(6)22-25(3)26(4)27(32)5)31-20-24(2)19-30(21-31)33(7,8)9;;;;/h10-21H,1-9H3;3*1H3;. The van der Waals surface area contributed by atoms with Crippen LogP contribution < -0.4 is 20.7 Å². The molecule has 0 saturated carbocycles. The number of hydrogen-bond donors (Lipinski definition) is 0. The van der Waals surface area contributed by atoms with Crippen LogP contribution in [0.1, 0.15) is 38.8 Å². The minimum absolute atomic E-state index is 0.0287. The number of benzene rings is 3. The number of rotatable bonds is 6. The molecule has 0 fully saturated rings. The monoisotopic (exact) mass is 572 g/mol. The average molecular weight is 573 g/mol. The Balaban J connectivity index is 2.34. The van der Waals surface area contributed by atoms with E-state index in [9.17, 15) is 0 Å². The first kappa shape index (κ1) is 29.3. The van der Waals surface area contributed by atoms with Crippen molar-refractivity contribution >= 4 is 36.9 Å². The van der Waals surface area contributed by atoms with E-state index in [0.717, 1.165) is 0 Å². The van der Waals surface area contributed by atoms with E-state index in [4.69, 9.17) is 0 Å². The molecule has 0 aliphatic heterocycles. The zero-order valence-electron chi connectivity index (χ0n) is 25.9. The van der Waals surface area contributed by atoms with Crippen molar-refractivity contribution in [3.8, 4) is 0 Å². The van der Waals surface area contributed by atoms with Crippen molar-refractivity contribution in [3.05, 3.63) is 105 Å². The molecule has 200 valence electrons. The van der Waals surface area contributed by atoms with Crippen molar-refractivity contribution in [2.24, 2.45) is 0 Å². The van der Waals surface area contributed by atoms with Crippen LogP contribution in [0.4, 0.5) is 0 Å². The van der Waals surface area contributed by atoms with Crippen LogP contribution >= 0.6 is 0 Å². The summed E-state index contributed by atoms with van der Waals surface area (Å²) in [7, 11) is -4.19. The SMILES string of the molecule is CC1=C(C)C(C)([Si](c2ccccc2)(c2cccc(C)c2)c2cc(C)cc([Si](C)(C)C)c2)[C]([Ti]([CH3])([CH3])[CH3])=C1C. The summed E-state index contributed by atoms with van der Waals surface area (Å²) in [5.41, 5.74) is 7.46. The van der Waals surface area contributed by atoms with Crippen LogP contribution in [0.5, 0.6) is 0 Å². The summed E-state index contributed by atoms with van der Waals surface area (Å²) in [5.74, 6) is 0. The average Bonchev–Trinajstić information content (AvgIpc) is 3.00. The Morgan fingerprint density at radius 3 is 1.68 bits per heavy atom. The predicted octanol–water partition coefficient (Wildman–Crippen LogP) is 8.00. The van der Waals surface area contributed by atoms with Crippen LogP contribution in [-0.4, -0.2) is 16.1 Å².